The topological polar surface area (TPSA) is 0 Å². The lowest BCUT2D eigenvalue weighted by molar-refractivity contribution is 0.163. The van der Waals surface area contributed by atoms with Crippen LogP contribution in [0.5, 0.6) is 0 Å². The van der Waals surface area contributed by atoms with E-state index in [1.807, 2.05) is 0 Å². The Morgan fingerprint density at radius 2 is 1.47 bits per heavy atom. The molecule has 1 heteroatoms. The molecule has 0 N–H and O–H groups in total. The Balaban J connectivity index is 1.62. The average Bonchev–Trinajstić information content (AvgIpc) is 2.94. The summed E-state index contributed by atoms with van der Waals surface area (Å²) < 4.78 is 0. The lowest BCUT2D eigenvalue weighted by Gasteiger charge is -2.36. The van der Waals surface area contributed by atoms with E-state index in [-0.39, 0.29) is 0 Å². The third kappa shape index (κ3) is 1.34. The predicted molar refractivity (Wildman–Crippen MR) is 64.2 cm³/mol. The van der Waals surface area contributed by atoms with Crippen LogP contribution in [0.15, 0.2) is 0 Å². The number of hydrogen-bond donors (Lipinski definition) is 0. The molecule has 4 rings (SSSR count). The fourth-order valence-electron chi connectivity index (χ4n) is 5.40. The van der Waals surface area contributed by atoms with Gasteiger partial charge in [-0.15, -0.1) is 0 Å². The molecule has 1 saturated heterocycles. The molecule has 3 saturated carbocycles. The van der Waals surface area contributed by atoms with Gasteiger partial charge in [-0.2, -0.15) is 0 Å². The van der Waals surface area contributed by atoms with Crippen molar-refractivity contribution in [3.05, 3.63) is 0 Å². The van der Waals surface area contributed by atoms with Crippen molar-refractivity contribution in [3.8, 4) is 0 Å². The zero-order chi connectivity index (χ0) is 9.83. The Kier molecular flexibility index (Phi) is 2.00. The molecule has 0 aromatic carbocycles. The molecule has 0 spiro atoms. The molecule has 15 heavy (non-hydrogen) atoms. The highest BCUT2D eigenvalue weighted by molar-refractivity contribution is 6.54. The van der Waals surface area contributed by atoms with Gasteiger partial charge in [-0.3, -0.25) is 0 Å². The summed E-state index contributed by atoms with van der Waals surface area (Å²) in [6.45, 7) is 0. The molecular weight excluding hydrogens is 179 g/mol. The van der Waals surface area contributed by atoms with E-state index in [1.165, 1.54) is 0 Å². The third-order valence-corrected chi connectivity index (χ3v) is 6.08. The maximum atomic E-state index is 2.68. The monoisotopic (exact) mass is 201 g/mol. The van der Waals surface area contributed by atoms with Crippen LogP contribution in [0.3, 0.4) is 0 Å². The Morgan fingerprint density at radius 1 is 0.667 bits per heavy atom. The third-order valence-electron chi connectivity index (χ3n) is 6.08. The maximum absolute atomic E-state index is 2.68. The van der Waals surface area contributed by atoms with Gasteiger partial charge in [-0.1, -0.05) is 56.6 Å². The van der Waals surface area contributed by atoms with E-state index >= 15 is 0 Å². The van der Waals surface area contributed by atoms with Crippen LogP contribution in [0.4, 0.5) is 0 Å². The molecule has 0 aromatic heterocycles. The van der Waals surface area contributed by atoms with Gasteiger partial charge in [0.15, 0.2) is 0 Å². The van der Waals surface area contributed by atoms with Gasteiger partial charge in [0, 0.05) is 0 Å². The summed E-state index contributed by atoms with van der Waals surface area (Å²) in [4.78, 5) is 0. The van der Waals surface area contributed by atoms with Crippen LogP contribution < -0.4 is 0 Å². The highest BCUT2D eigenvalue weighted by Crippen LogP contribution is 2.63. The van der Waals surface area contributed by atoms with Gasteiger partial charge >= 0.3 is 0 Å². The van der Waals surface area contributed by atoms with Gasteiger partial charge < -0.3 is 0 Å². The van der Waals surface area contributed by atoms with Crippen molar-refractivity contribution < 1.29 is 0 Å². The van der Waals surface area contributed by atoms with Crippen molar-refractivity contribution in [3.63, 3.8) is 0 Å². The SMILES string of the molecule is [B]1C2CCC3C4CCCC4CCCC3C12. The molecule has 0 aromatic rings. The highest BCUT2D eigenvalue weighted by Gasteiger charge is 2.53. The quantitative estimate of drug-likeness (QED) is 0.521. The van der Waals surface area contributed by atoms with Gasteiger partial charge in [-0.05, 0) is 30.1 Å². The Hall–Kier alpha value is 0.0649. The zero-order valence-corrected chi connectivity index (χ0v) is 9.70. The summed E-state index contributed by atoms with van der Waals surface area (Å²) in [6, 6.07) is 0. The molecule has 0 bridgehead atoms. The van der Waals surface area contributed by atoms with E-state index in [0.29, 0.717) is 0 Å². The largest absolute Gasteiger partial charge is 0.117 e. The molecule has 6 unspecified atom stereocenters. The van der Waals surface area contributed by atoms with E-state index in [1.54, 1.807) is 51.4 Å². The van der Waals surface area contributed by atoms with Gasteiger partial charge in [0.05, 0.1) is 0 Å². The van der Waals surface area contributed by atoms with E-state index < -0.39 is 0 Å². The summed E-state index contributed by atoms with van der Waals surface area (Å²) in [5.41, 5.74) is 0. The second-order valence-corrected chi connectivity index (χ2v) is 6.62. The Labute approximate surface area is 94.4 Å². The molecule has 0 amide bonds. The molecule has 1 radical (unpaired) electrons. The van der Waals surface area contributed by atoms with Crippen LogP contribution in [0.25, 0.3) is 0 Å². The lowest BCUT2D eigenvalue weighted by Crippen LogP contribution is -2.26. The fraction of sp³-hybridized carbons (Fsp3) is 1.00. The molecule has 1 heterocycles. The second kappa shape index (κ2) is 3.28. The number of hydrogen-bond acceptors (Lipinski definition) is 0. The molecule has 1 aliphatic heterocycles. The molecule has 6 atom stereocenters. The van der Waals surface area contributed by atoms with Gasteiger partial charge in [-0.25, -0.2) is 0 Å². The Bertz CT molecular complexity index is 260. The summed E-state index contributed by atoms with van der Waals surface area (Å²) in [7, 11) is 2.68. The lowest BCUT2D eigenvalue weighted by atomic mass is 9.69. The summed E-state index contributed by atoms with van der Waals surface area (Å²) >= 11 is 0. The molecular formula is C14H22B. The second-order valence-electron chi connectivity index (χ2n) is 6.62. The summed E-state index contributed by atoms with van der Waals surface area (Å²) in [5.74, 6) is 6.76. The first-order valence-electron chi connectivity index (χ1n) is 7.28. The van der Waals surface area contributed by atoms with E-state index in [9.17, 15) is 0 Å². The first-order chi connectivity index (χ1) is 7.43. The molecule has 3 aliphatic carbocycles. The minimum Gasteiger partial charge on any atom is -0.0724 e. The van der Waals surface area contributed by atoms with Crippen LogP contribution in [0.2, 0.25) is 11.6 Å². The van der Waals surface area contributed by atoms with E-state index in [0.717, 1.165) is 35.3 Å². The van der Waals surface area contributed by atoms with Gasteiger partial charge in [0.25, 0.3) is 0 Å². The van der Waals surface area contributed by atoms with Gasteiger partial charge in [0.1, 0.15) is 7.28 Å². The van der Waals surface area contributed by atoms with Crippen LogP contribution in [-0.4, -0.2) is 7.28 Å². The predicted octanol–water partition coefficient (Wildman–Crippen LogP) is 3.91. The zero-order valence-electron chi connectivity index (χ0n) is 9.70. The van der Waals surface area contributed by atoms with Crippen LogP contribution >= 0.6 is 0 Å². The van der Waals surface area contributed by atoms with E-state index in [4.69, 9.17) is 0 Å². The van der Waals surface area contributed by atoms with E-state index in [2.05, 4.69) is 7.28 Å². The van der Waals surface area contributed by atoms with Crippen LogP contribution in [0.1, 0.15) is 51.4 Å². The minimum absolute atomic E-state index is 1.07. The number of rotatable bonds is 0. The number of fused-ring (bicyclic) bond motifs is 5. The van der Waals surface area contributed by atoms with Crippen molar-refractivity contribution in [2.75, 3.05) is 0 Å². The fourth-order valence-corrected chi connectivity index (χ4v) is 5.40. The smallest absolute Gasteiger partial charge is 0.0724 e. The van der Waals surface area contributed by atoms with Crippen molar-refractivity contribution in [2.24, 2.45) is 23.7 Å². The summed E-state index contributed by atoms with van der Waals surface area (Å²) in [6.07, 6.45) is 12.6. The molecule has 81 valence electrons. The van der Waals surface area contributed by atoms with Crippen LogP contribution in [-0.2, 0) is 0 Å². The first-order valence-corrected chi connectivity index (χ1v) is 7.28. The van der Waals surface area contributed by atoms with Crippen molar-refractivity contribution in [1.82, 2.24) is 0 Å². The average molecular weight is 201 g/mol. The molecule has 4 aliphatic rings. The van der Waals surface area contributed by atoms with Crippen molar-refractivity contribution >= 4 is 7.28 Å². The molecule has 0 nitrogen and oxygen atoms in total. The maximum Gasteiger partial charge on any atom is 0.117 e. The van der Waals surface area contributed by atoms with Crippen LogP contribution in [0, 0.1) is 23.7 Å². The van der Waals surface area contributed by atoms with Crippen molar-refractivity contribution in [2.45, 2.75) is 63.0 Å². The van der Waals surface area contributed by atoms with Gasteiger partial charge in [0.2, 0.25) is 0 Å². The van der Waals surface area contributed by atoms with Crippen molar-refractivity contribution in [1.29, 1.82) is 0 Å². The first kappa shape index (κ1) is 9.13. The highest BCUT2D eigenvalue weighted by atomic mass is 14.5. The molecule has 4 fully saturated rings. The summed E-state index contributed by atoms with van der Waals surface area (Å²) in [5, 5.41) is 0. The minimum atomic E-state index is 1.07. The standard InChI is InChI=1S/C14H22B/c1-3-9-4-2-6-12-11(10(9)5-1)7-8-13-14(12)15-13/h9-14H,1-8H2. The normalized spacial score (nSPS) is 57.1. The Morgan fingerprint density at radius 3 is 2.33 bits per heavy atom.